The average molecular weight is 284 g/mol. The molecule has 19 heavy (non-hydrogen) atoms. The van der Waals surface area contributed by atoms with Crippen molar-refractivity contribution in [1.82, 2.24) is 0 Å². The van der Waals surface area contributed by atoms with Crippen LogP contribution in [0.4, 0.5) is 5.69 Å². The Morgan fingerprint density at radius 2 is 1.79 bits per heavy atom. The highest BCUT2D eigenvalue weighted by Crippen LogP contribution is 2.18. The van der Waals surface area contributed by atoms with Crippen LogP contribution in [0.15, 0.2) is 24.3 Å². The van der Waals surface area contributed by atoms with E-state index < -0.39 is 21.5 Å². The molecule has 0 radical (unpaired) electrons. The maximum atomic E-state index is 12.1. The van der Waals surface area contributed by atoms with Crippen molar-refractivity contribution in [2.45, 2.75) is 26.4 Å². The van der Waals surface area contributed by atoms with Gasteiger partial charge in [0, 0.05) is 24.5 Å². The maximum absolute atomic E-state index is 12.1. The summed E-state index contributed by atoms with van der Waals surface area (Å²) in [6.07, 6.45) is 1.06. The number of anilines is 1. The van der Waals surface area contributed by atoms with Gasteiger partial charge in [0.15, 0.2) is 9.84 Å². The Kier molecular flexibility index (Phi) is 5.08. The predicted molar refractivity (Wildman–Crippen MR) is 76.7 cm³/mol. The van der Waals surface area contributed by atoms with Crippen LogP contribution in [0.25, 0.3) is 0 Å². The number of nitrogens with two attached hydrogens (primary N) is 1. The van der Waals surface area contributed by atoms with Gasteiger partial charge in [0.1, 0.15) is 5.75 Å². The summed E-state index contributed by atoms with van der Waals surface area (Å²) in [5.74, 6) is -0.901. The molecule has 106 valence electrons. The number of carbonyl (C=O) groups excluding carboxylic acids is 1. The number of amides is 1. The molecule has 1 aromatic rings. The van der Waals surface area contributed by atoms with E-state index in [0.29, 0.717) is 12.2 Å². The topological polar surface area (TPSA) is 80.5 Å². The standard InChI is InChI=1S/C13H20N2O3S/c1-10(2)15(13(16)9-19(3,17)18)12-6-4-11(8-14)5-7-12/h4-7,10H,8-9,14H2,1-3H3. The Balaban J connectivity index is 3.03. The first-order valence-electron chi connectivity index (χ1n) is 6.03. The molecule has 5 nitrogen and oxygen atoms in total. The quantitative estimate of drug-likeness (QED) is 0.872. The Morgan fingerprint density at radius 1 is 1.26 bits per heavy atom. The largest absolute Gasteiger partial charge is 0.326 e. The van der Waals surface area contributed by atoms with Crippen molar-refractivity contribution in [1.29, 1.82) is 0 Å². The Labute approximate surface area is 114 Å². The summed E-state index contributed by atoms with van der Waals surface area (Å²) >= 11 is 0. The molecule has 6 heteroatoms. The molecule has 0 unspecified atom stereocenters. The highest BCUT2D eigenvalue weighted by atomic mass is 32.2. The van der Waals surface area contributed by atoms with Crippen molar-refractivity contribution in [2.75, 3.05) is 16.9 Å². The molecule has 2 N–H and O–H groups in total. The van der Waals surface area contributed by atoms with Gasteiger partial charge >= 0.3 is 0 Å². The van der Waals surface area contributed by atoms with Crippen LogP contribution in [0.3, 0.4) is 0 Å². The van der Waals surface area contributed by atoms with Crippen LogP contribution in [0.2, 0.25) is 0 Å². The molecule has 0 aliphatic carbocycles. The van der Waals surface area contributed by atoms with E-state index in [9.17, 15) is 13.2 Å². The van der Waals surface area contributed by atoms with Gasteiger partial charge in [-0.2, -0.15) is 0 Å². The molecule has 0 aromatic heterocycles. The van der Waals surface area contributed by atoms with Gasteiger partial charge in [-0.05, 0) is 31.5 Å². The lowest BCUT2D eigenvalue weighted by Crippen LogP contribution is -2.40. The molecule has 0 bridgehead atoms. The van der Waals surface area contributed by atoms with E-state index in [1.54, 1.807) is 12.1 Å². The third kappa shape index (κ3) is 4.65. The molecule has 0 saturated heterocycles. The summed E-state index contributed by atoms with van der Waals surface area (Å²) in [5, 5.41) is 0. The van der Waals surface area contributed by atoms with Crippen LogP contribution in [0.1, 0.15) is 19.4 Å². The van der Waals surface area contributed by atoms with Gasteiger partial charge in [-0.25, -0.2) is 8.42 Å². The summed E-state index contributed by atoms with van der Waals surface area (Å²) in [5.41, 5.74) is 7.16. The molecule has 0 fully saturated rings. The monoisotopic (exact) mass is 284 g/mol. The maximum Gasteiger partial charge on any atom is 0.242 e. The van der Waals surface area contributed by atoms with Crippen molar-refractivity contribution in [3.63, 3.8) is 0 Å². The van der Waals surface area contributed by atoms with Crippen LogP contribution >= 0.6 is 0 Å². The predicted octanol–water partition coefficient (Wildman–Crippen LogP) is 0.931. The summed E-state index contributed by atoms with van der Waals surface area (Å²) in [7, 11) is -3.33. The van der Waals surface area contributed by atoms with Gasteiger partial charge in [-0.3, -0.25) is 4.79 Å². The van der Waals surface area contributed by atoms with Crippen LogP contribution in [-0.2, 0) is 21.2 Å². The van der Waals surface area contributed by atoms with Gasteiger partial charge in [0.2, 0.25) is 5.91 Å². The second-order valence-electron chi connectivity index (χ2n) is 4.80. The molecule has 0 spiro atoms. The fourth-order valence-corrected chi connectivity index (χ4v) is 2.40. The number of nitrogens with zero attached hydrogens (tertiary/aromatic N) is 1. The zero-order valence-corrected chi connectivity index (χ0v) is 12.3. The summed E-state index contributed by atoms with van der Waals surface area (Å²) in [4.78, 5) is 13.6. The van der Waals surface area contributed by atoms with Gasteiger partial charge in [-0.15, -0.1) is 0 Å². The molecule has 1 amide bonds. The fourth-order valence-electron chi connectivity index (χ4n) is 1.82. The van der Waals surface area contributed by atoms with Crippen molar-refractivity contribution >= 4 is 21.4 Å². The zero-order valence-electron chi connectivity index (χ0n) is 11.5. The summed E-state index contributed by atoms with van der Waals surface area (Å²) in [6.45, 7) is 4.12. The Bertz CT molecular complexity index is 536. The van der Waals surface area contributed by atoms with E-state index in [4.69, 9.17) is 5.73 Å². The number of carbonyl (C=O) groups is 1. The summed E-state index contributed by atoms with van der Waals surface area (Å²) < 4.78 is 22.5. The molecular formula is C13H20N2O3S. The van der Waals surface area contributed by atoms with Crippen LogP contribution in [0.5, 0.6) is 0 Å². The lowest BCUT2D eigenvalue weighted by Gasteiger charge is -2.26. The molecule has 0 aliphatic rings. The van der Waals surface area contributed by atoms with E-state index in [-0.39, 0.29) is 6.04 Å². The van der Waals surface area contributed by atoms with E-state index in [0.717, 1.165) is 11.8 Å². The molecule has 0 heterocycles. The van der Waals surface area contributed by atoms with Crippen LogP contribution in [-0.4, -0.2) is 32.4 Å². The molecule has 1 rings (SSSR count). The first kappa shape index (κ1) is 15.7. The first-order chi connectivity index (χ1) is 8.74. The number of rotatable bonds is 5. The highest BCUT2D eigenvalue weighted by molar-refractivity contribution is 7.91. The lowest BCUT2D eigenvalue weighted by atomic mass is 10.1. The minimum absolute atomic E-state index is 0.113. The number of sulfone groups is 1. The SMILES string of the molecule is CC(C)N(C(=O)CS(C)(=O)=O)c1ccc(CN)cc1. The second kappa shape index (κ2) is 6.16. The van der Waals surface area contributed by atoms with E-state index in [1.807, 2.05) is 26.0 Å². The average Bonchev–Trinajstić information content (AvgIpc) is 2.27. The normalized spacial score (nSPS) is 11.6. The van der Waals surface area contributed by atoms with E-state index >= 15 is 0 Å². The first-order valence-corrected chi connectivity index (χ1v) is 8.09. The zero-order chi connectivity index (χ0) is 14.6. The molecule has 1 aromatic carbocycles. The third-order valence-corrected chi connectivity index (χ3v) is 3.39. The van der Waals surface area contributed by atoms with Crippen LogP contribution < -0.4 is 10.6 Å². The highest BCUT2D eigenvalue weighted by Gasteiger charge is 2.22. The number of hydrogen-bond acceptors (Lipinski definition) is 4. The smallest absolute Gasteiger partial charge is 0.242 e. The number of benzene rings is 1. The van der Waals surface area contributed by atoms with Crippen molar-refractivity contribution in [2.24, 2.45) is 5.73 Å². The van der Waals surface area contributed by atoms with E-state index in [2.05, 4.69) is 0 Å². The molecule has 0 aliphatic heterocycles. The van der Waals surface area contributed by atoms with Crippen molar-refractivity contribution in [3.05, 3.63) is 29.8 Å². The Morgan fingerprint density at radius 3 is 2.16 bits per heavy atom. The second-order valence-corrected chi connectivity index (χ2v) is 6.94. The van der Waals surface area contributed by atoms with Gasteiger partial charge < -0.3 is 10.6 Å². The Hall–Kier alpha value is -1.40. The van der Waals surface area contributed by atoms with E-state index in [1.165, 1.54) is 4.90 Å². The summed E-state index contributed by atoms with van der Waals surface area (Å²) in [6, 6.07) is 7.11. The minimum atomic E-state index is -3.33. The van der Waals surface area contributed by atoms with Gasteiger partial charge in [0.25, 0.3) is 0 Å². The molecule has 0 saturated carbocycles. The fraction of sp³-hybridized carbons (Fsp3) is 0.462. The lowest BCUT2D eigenvalue weighted by molar-refractivity contribution is -0.116. The molecular weight excluding hydrogens is 264 g/mol. The van der Waals surface area contributed by atoms with Crippen molar-refractivity contribution < 1.29 is 13.2 Å². The number of hydrogen-bond donors (Lipinski definition) is 1. The third-order valence-electron chi connectivity index (χ3n) is 2.62. The van der Waals surface area contributed by atoms with Crippen molar-refractivity contribution in [3.8, 4) is 0 Å². The van der Waals surface area contributed by atoms with Gasteiger partial charge in [0.05, 0.1) is 0 Å². The molecule has 0 atom stereocenters. The minimum Gasteiger partial charge on any atom is -0.326 e. The van der Waals surface area contributed by atoms with Gasteiger partial charge in [-0.1, -0.05) is 12.1 Å². The van der Waals surface area contributed by atoms with Crippen LogP contribution in [0, 0.1) is 0 Å².